The van der Waals surface area contributed by atoms with Gasteiger partial charge >= 0.3 is 12.1 Å². The molecule has 1 N–H and O–H groups in total. The third-order valence-corrected chi connectivity index (χ3v) is 5.40. The van der Waals surface area contributed by atoms with Gasteiger partial charge in [0.15, 0.2) is 0 Å². The Kier molecular flexibility index (Phi) is 8.42. The lowest BCUT2D eigenvalue weighted by molar-refractivity contribution is 0.154. The number of anilines is 1. The maximum Gasteiger partial charge on any atom is 0.320 e. The van der Waals surface area contributed by atoms with Gasteiger partial charge in [0.25, 0.3) is 0 Å². The minimum Gasteiger partial charge on any atom is -0.368 e. The van der Waals surface area contributed by atoms with E-state index in [0.29, 0.717) is 19.6 Å². The lowest BCUT2D eigenvalue weighted by Crippen LogP contribution is -2.53. The van der Waals surface area contributed by atoms with Crippen molar-refractivity contribution in [3.05, 3.63) is 29.8 Å². The second-order valence-corrected chi connectivity index (χ2v) is 6.89. The fourth-order valence-corrected chi connectivity index (χ4v) is 3.60. The summed E-state index contributed by atoms with van der Waals surface area (Å²) in [5.74, 6) is 0. The molecule has 0 bridgehead atoms. The minimum atomic E-state index is -0.0329. The van der Waals surface area contributed by atoms with Gasteiger partial charge in [-0.3, -0.25) is 0 Å². The fraction of sp³-hybridized carbons (Fsp3) is 0.619. The molecule has 0 saturated carbocycles. The van der Waals surface area contributed by atoms with E-state index in [1.165, 1.54) is 0 Å². The lowest BCUT2D eigenvalue weighted by atomic mass is 10.1. The van der Waals surface area contributed by atoms with Gasteiger partial charge in [0.1, 0.15) is 0 Å². The normalized spacial score (nSPS) is 14.0. The number of benzene rings is 1. The first kappa shape index (κ1) is 21.9. The van der Waals surface area contributed by atoms with E-state index in [-0.39, 0.29) is 12.1 Å². The van der Waals surface area contributed by atoms with Crippen molar-refractivity contribution in [1.82, 2.24) is 20.0 Å². The van der Waals surface area contributed by atoms with E-state index in [2.05, 4.69) is 22.3 Å². The Morgan fingerprint density at radius 1 is 0.893 bits per heavy atom. The number of nitrogens with one attached hydrogen (secondary N) is 1. The summed E-state index contributed by atoms with van der Waals surface area (Å²) in [6, 6.07) is 8.28. The summed E-state index contributed by atoms with van der Waals surface area (Å²) in [6.45, 7) is 14.4. The van der Waals surface area contributed by atoms with Gasteiger partial charge in [0, 0.05) is 64.6 Å². The number of hydrogen-bond acceptors (Lipinski definition) is 3. The molecule has 156 valence electrons. The monoisotopic (exact) mass is 389 g/mol. The lowest BCUT2D eigenvalue weighted by Gasteiger charge is -2.39. The first-order valence-electron chi connectivity index (χ1n) is 10.4. The van der Waals surface area contributed by atoms with Gasteiger partial charge in [0.05, 0.1) is 0 Å². The zero-order valence-electron chi connectivity index (χ0n) is 17.8. The van der Waals surface area contributed by atoms with Crippen LogP contribution in [0, 0.1) is 0 Å². The topological polar surface area (TPSA) is 59.1 Å². The van der Waals surface area contributed by atoms with Crippen molar-refractivity contribution < 1.29 is 9.59 Å². The van der Waals surface area contributed by atoms with Crippen LogP contribution in [0.1, 0.15) is 33.3 Å². The van der Waals surface area contributed by atoms with Crippen LogP contribution in [0.2, 0.25) is 0 Å². The number of rotatable bonds is 7. The second-order valence-electron chi connectivity index (χ2n) is 6.89. The summed E-state index contributed by atoms with van der Waals surface area (Å²) in [6.07, 6.45) is 0. The van der Waals surface area contributed by atoms with Gasteiger partial charge in [-0.1, -0.05) is 18.2 Å². The Hall–Kier alpha value is -2.44. The molecule has 0 unspecified atom stereocenters. The standard InChI is InChI=1S/C21H35N5O2/c1-5-23(6-2)20(27)22-17-18-11-9-10-12-19(18)25-13-15-26(16-14-25)21(28)24(7-3)8-4/h9-12H,5-8,13-17H2,1-4H3,(H,22,27). The van der Waals surface area contributed by atoms with Crippen molar-refractivity contribution >= 4 is 17.7 Å². The molecule has 0 aliphatic carbocycles. The molecule has 28 heavy (non-hydrogen) atoms. The van der Waals surface area contributed by atoms with Crippen molar-refractivity contribution in [1.29, 1.82) is 0 Å². The zero-order chi connectivity index (χ0) is 20.5. The molecule has 1 saturated heterocycles. The highest BCUT2D eigenvalue weighted by Crippen LogP contribution is 2.22. The molecule has 1 fully saturated rings. The molecular formula is C21H35N5O2. The molecule has 0 aromatic heterocycles. The molecule has 0 spiro atoms. The Morgan fingerprint density at radius 3 is 2.04 bits per heavy atom. The van der Waals surface area contributed by atoms with Gasteiger partial charge in [0.2, 0.25) is 0 Å². The fourth-order valence-electron chi connectivity index (χ4n) is 3.60. The molecule has 0 radical (unpaired) electrons. The first-order chi connectivity index (χ1) is 13.5. The summed E-state index contributed by atoms with van der Waals surface area (Å²) < 4.78 is 0. The van der Waals surface area contributed by atoms with E-state index in [1.54, 1.807) is 4.90 Å². The molecule has 1 aromatic rings. The molecule has 7 heteroatoms. The second kappa shape index (κ2) is 10.8. The van der Waals surface area contributed by atoms with Gasteiger partial charge in [-0.25, -0.2) is 9.59 Å². The van der Waals surface area contributed by atoms with Crippen LogP contribution in [0.5, 0.6) is 0 Å². The van der Waals surface area contributed by atoms with Crippen LogP contribution in [-0.2, 0) is 6.54 Å². The van der Waals surface area contributed by atoms with Crippen molar-refractivity contribution in [3.8, 4) is 0 Å². The molecule has 1 heterocycles. The van der Waals surface area contributed by atoms with E-state index in [1.807, 2.05) is 49.6 Å². The molecule has 1 aliphatic heterocycles. The van der Waals surface area contributed by atoms with Crippen molar-refractivity contribution in [2.24, 2.45) is 0 Å². The number of amides is 4. The molecule has 4 amide bonds. The highest BCUT2D eigenvalue weighted by atomic mass is 16.2. The summed E-state index contributed by atoms with van der Waals surface area (Å²) in [4.78, 5) is 32.7. The summed E-state index contributed by atoms with van der Waals surface area (Å²) >= 11 is 0. The SMILES string of the molecule is CCN(CC)C(=O)NCc1ccccc1N1CCN(C(=O)N(CC)CC)CC1. The van der Waals surface area contributed by atoms with Gasteiger partial charge in [-0.2, -0.15) is 0 Å². The molecule has 7 nitrogen and oxygen atoms in total. The highest BCUT2D eigenvalue weighted by molar-refractivity contribution is 5.75. The van der Waals surface area contributed by atoms with E-state index in [0.717, 1.165) is 50.5 Å². The van der Waals surface area contributed by atoms with E-state index in [9.17, 15) is 9.59 Å². The summed E-state index contributed by atoms with van der Waals surface area (Å²) in [5.41, 5.74) is 2.24. The van der Waals surface area contributed by atoms with Crippen LogP contribution in [0.15, 0.2) is 24.3 Å². The predicted molar refractivity (Wildman–Crippen MR) is 114 cm³/mol. The van der Waals surface area contributed by atoms with E-state index >= 15 is 0 Å². The predicted octanol–water partition coefficient (Wildman–Crippen LogP) is 2.82. The maximum absolute atomic E-state index is 12.5. The number of nitrogens with zero attached hydrogens (tertiary/aromatic N) is 4. The van der Waals surface area contributed by atoms with Gasteiger partial charge < -0.3 is 24.9 Å². The van der Waals surface area contributed by atoms with Gasteiger partial charge in [-0.15, -0.1) is 0 Å². The van der Waals surface area contributed by atoms with E-state index in [4.69, 9.17) is 0 Å². The average molecular weight is 390 g/mol. The third kappa shape index (κ3) is 5.30. The van der Waals surface area contributed by atoms with Crippen LogP contribution in [0.4, 0.5) is 15.3 Å². The number of carbonyl (C=O) groups excluding carboxylic acids is 2. The largest absolute Gasteiger partial charge is 0.368 e. The number of piperazine rings is 1. The number of urea groups is 2. The molecule has 2 rings (SSSR count). The number of hydrogen-bond donors (Lipinski definition) is 1. The van der Waals surface area contributed by atoms with Crippen LogP contribution in [0.3, 0.4) is 0 Å². The van der Waals surface area contributed by atoms with Crippen LogP contribution >= 0.6 is 0 Å². The Bertz CT molecular complexity index is 635. The van der Waals surface area contributed by atoms with Crippen LogP contribution in [-0.4, -0.2) is 79.1 Å². The van der Waals surface area contributed by atoms with Crippen molar-refractivity contribution in [3.63, 3.8) is 0 Å². The van der Waals surface area contributed by atoms with Crippen LogP contribution < -0.4 is 10.2 Å². The molecule has 1 aromatic carbocycles. The summed E-state index contributed by atoms with van der Waals surface area (Å²) in [5, 5.41) is 3.03. The quantitative estimate of drug-likeness (QED) is 0.780. The zero-order valence-corrected chi connectivity index (χ0v) is 17.8. The molecule has 1 aliphatic rings. The smallest absolute Gasteiger partial charge is 0.320 e. The molecular weight excluding hydrogens is 354 g/mol. The van der Waals surface area contributed by atoms with Crippen LogP contribution in [0.25, 0.3) is 0 Å². The van der Waals surface area contributed by atoms with Crippen molar-refractivity contribution in [2.75, 3.05) is 57.3 Å². The Labute approximate surface area is 169 Å². The maximum atomic E-state index is 12.5. The summed E-state index contributed by atoms with van der Waals surface area (Å²) in [7, 11) is 0. The van der Waals surface area contributed by atoms with Gasteiger partial charge in [-0.05, 0) is 39.3 Å². The van der Waals surface area contributed by atoms with E-state index < -0.39 is 0 Å². The Balaban J connectivity index is 1.98. The van der Waals surface area contributed by atoms with Crippen molar-refractivity contribution in [2.45, 2.75) is 34.2 Å². The Morgan fingerprint density at radius 2 is 1.46 bits per heavy atom. The average Bonchev–Trinajstić information content (AvgIpc) is 2.74. The number of para-hydroxylation sites is 1. The number of carbonyl (C=O) groups is 2. The minimum absolute atomic E-state index is 0.0329. The molecule has 0 atom stereocenters. The third-order valence-electron chi connectivity index (χ3n) is 5.40. The highest BCUT2D eigenvalue weighted by Gasteiger charge is 2.25. The first-order valence-corrected chi connectivity index (χ1v) is 10.4.